The quantitative estimate of drug-likeness (QED) is 0.610. The van der Waals surface area contributed by atoms with Crippen LogP contribution in [0.5, 0.6) is 0 Å². The van der Waals surface area contributed by atoms with E-state index in [1.54, 1.807) is 0 Å². The fourth-order valence-corrected chi connectivity index (χ4v) is 1.62. The van der Waals surface area contributed by atoms with Crippen molar-refractivity contribution in [2.45, 2.75) is 32.4 Å². The van der Waals surface area contributed by atoms with Crippen molar-refractivity contribution >= 4 is 17.8 Å². The maximum Gasteiger partial charge on any atom is 0.323 e. The molecule has 0 aromatic heterocycles. The number of hydrogen-bond acceptors (Lipinski definition) is 3. The van der Waals surface area contributed by atoms with Gasteiger partial charge < -0.3 is 10.2 Å². The first-order chi connectivity index (χ1) is 6.97. The summed E-state index contributed by atoms with van der Waals surface area (Å²) < 4.78 is 0. The molecule has 15 heavy (non-hydrogen) atoms. The van der Waals surface area contributed by atoms with Crippen LogP contribution in [0.2, 0.25) is 0 Å². The highest BCUT2D eigenvalue weighted by Gasteiger charge is 2.38. The molecule has 1 aliphatic heterocycles. The van der Waals surface area contributed by atoms with Crippen molar-refractivity contribution in [1.82, 2.24) is 15.5 Å². The van der Waals surface area contributed by atoms with Crippen LogP contribution >= 0.6 is 0 Å². The summed E-state index contributed by atoms with van der Waals surface area (Å²) in [6.07, 6.45) is 0.131. The number of rotatable bonds is 3. The van der Waals surface area contributed by atoms with Crippen LogP contribution in [0.25, 0.3) is 0 Å². The molecule has 3 N–H and O–H groups in total. The third kappa shape index (κ3) is 2.26. The lowest BCUT2D eigenvalue weighted by molar-refractivity contribution is -0.121. The largest absolute Gasteiger partial charge is 0.359 e. The van der Waals surface area contributed by atoms with Gasteiger partial charge >= 0.3 is 6.03 Å². The Balaban J connectivity index is 2.79. The number of carbonyl (C=O) groups excluding carboxylic acids is 2. The van der Waals surface area contributed by atoms with Gasteiger partial charge in [0.1, 0.15) is 11.9 Å². The number of amidine groups is 1. The normalized spacial score (nSPS) is 20.8. The summed E-state index contributed by atoms with van der Waals surface area (Å²) in [5, 5.41) is 12.5. The van der Waals surface area contributed by atoms with Gasteiger partial charge in [-0.05, 0) is 13.8 Å². The SMILES string of the molecule is CNC(=O)CC1C(=N)NC(=O)N1C(C)C. The van der Waals surface area contributed by atoms with Crippen LogP contribution in [0.1, 0.15) is 20.3 Å². The van der Waals surface area contributed by atoms with E-state index in [1.165, 1.54) is 11.9 Å². The number of carbonyl (C=O) groups is 2. The second-order valence-corrected chi connectivity index (χ2v) is 3.74. The van der Waals surface area contributed by atoms with Crippen LogP contribution in [0.4, 0.5) is 4.79 Å². The Morgan fingerprint density at radius 3 is 2.73 bits per heavy atom. The molecule has 0 saturated carbocycles. The van der Waals surface area contributed by atoms with E-state index in [2.05, 4.69) is 10.6 Å². The number of nitrogens with zero attached hydrogens (tertiary/aromatic N) is 1. The molecular formula is C9H16N4O2. The Labute approximate surface area is 88.5 Å². The molecule has 0 aliphatic carbocycles. The Hall–Kier alpha value is -1.59. The van der Waals surface area contributed by atoms with Gasteiger partial charge in [0.15, 0.2) is 0 Å². The van der Waals surface area contributed by atoms with E-state index in [0.29, 0.717) is 0 Å². The maximum atomic E-state index is 11.4. The summed E-state index contributed by atoms with van der Waals surface area (Å²) in [5.74, 6) is -0.0794. The topological polar surface area (TPSA) is 85.3 Å². The average Bonchev–Trinajstić information content (AvgIpc) is 2.41. The second kappa shape index (κ2) is 4.29. The molecule has 1 unspecified atom stereocenters. The van der Waals surface area contributed by atoms with Crippen molar-refractivity contribution in [3.8, 4) is 0 Å². The average molecular weight is 212 g/mol. The molecule has 1 fully saturated rings. The van der Waals surface area contributed by atoms with Gasteiger partial charge in [-0.25, -0.2) is 4.79 Å². The third-order valence-corrected chi connectivity index (χ3v) is 2.36. The van der Waals surface area contributed by atoms with E-state index in [-0.39, 0.29) is 30.2 Å². The molecule has 0 bridgehead atoms. The summed E-state index contributed by atoms with van der Waals surface area (Å²) in [5.41, 5.74) is 0. The third-order valence-electron chi connectivity index (χ3n) is 2.36. The highest BCUT2D eigenvalue weighted by molar-refractivity contribution is 6.07. The van der Waals surface area contributed by atoms with E-state index < -0.39 is 6.04 Å². The molecule has 1 heterocycles. The van der Waals surface area contributed by atoms with Crippen molar-refractivity contribution in [3.05, 3.63) is 0 Å². The minimum Gasteiger partial charge on any atom is -0.359 e. The highest BCUT2D eigenvalue weighted by Crippen LogP contribution is 2.15. The minimum atomic E-state index is -0.461. The van der Waals surface area contributed by atoms with Crippen LogP contribution in [0.3, 0.4) is 0 Å². The van der Waals surface area contributed by atoms with Crippen molar-refractivity contribution in [2.75, 3.05) is 7.05 Å². The zero-order chi connectivity index (χ0) is 11.6. The number of hydrogen-bond donors (Lipinski definition) is 3. The monoisotopic (exact) mass is 212 g/mol. The van der Waals surface area contributed by atoms with Crippen LogP contribution in [0.15, 0.2) is 0 Å². The summed E-state index contributed by atoms with van der Waals surface area (Å²) in [6, 6.07) is -0.788. The zero-order valence-electron chi connectivity index (χ0n) is 9.13. The summed E-state index contributed by atoms with van der Waals surface area (Å²) >= 11 is 0. The van der Waals surface area contributed by atoms with Gasteiger partial charge in [-0.3, -0.25) is 15.5 Å². The predicted molar refractivity (Wildman–Crippen MR) is 55.7 cm³/mol. The summed E-state index contributed by atoms with van der Waals surface area (Å²) in [4.78, 5) is 24.2. The van der Waals surface area contributed by atoms with Crippen molar-refractivity contribution in [1.29, 1.82) is 5.41 Å². The Morgan fingerprint density at radius 1 is 1.67 bits per heavy atom. The fraction of sp³-hybridized carbons (Fsp3) is 0.667. The lowest BCUT2D eigenvalue weighted by Crippen LogP contribution is -2.42. The highest BCUT2D eigenvalue weighted by atomic mass is 16.2. The standard InChI is InChI=1S/C9H16N4O2/c1-5(2)13-6(4-7(14)11-3)8(10)12-9(13)15/h5-6H,4H2,1-3H3,(H,11,14)(H2,10,12,15). The molecule has 1 saturated heterocycles. The van der Waals surface area contributed by atoms with Gasteiger partial charge in [0.05, 0.1) is 6.42 Å². The molecular weight excluding hydrogens is 196 g/mol. The molecule has 1 rings (SSSR count). The first-order valence-corrected chi connectivity index (χ1v) is 4.85. The van der Waals surface area contributed by atoms with Gasteiger partial charge in [0.2, 0.25) is 5.91 Å². The second-order valence-electron chi connectivity index (χ2n) is 3.74. The van der Waals surface area contributed by atoms with Gasteiger partial charge in [-0.1, -0.05) is 0 Å². The van der Waals surface area contributed by atoms with E-state index in [0.717, 1.165) is 0 Å². The van der Waals surface area contributed by atoms with Crippen molar-refractivity contribution in [3.63, 3.8) is 0 Å². The lowest BCUT2D eigenvalue weighted by Gasteiger charge is -2.25. The van der Waals surface area contributed by atoms with E-state index in [1.807, 2.05) is 13.8 Å². The molecule has 0 spiro atoms. The number of amides is 3. The molecule has 3 amide bonds. The van der Waals surface area contributed by atoms with Crippen LogP contribution < -0.4 is 10.6 Å². The predicted octanol–water partition coefficient (Wildman–Crippen LogP) is -0.0980. The van der Waals surface area contributed by atoms with Crippen LogP contribution in [0, 0.1) is 5.41 Å². The first-order valence-electron chi connectivity index (χ1n) is 4.85. The number of urea groups is 1. The molecule has 0 aromatic carbocycles. The Kier molecular flexibility index (Phi) is 3.28. The van der Waals surface area contributed by atoms with E-state index in [9.17, 15) is 9.59 Å². The smallest absolute Gasteiger partial charge is 0.323 e. The fourth-order valence-electron chi connectivity index (χ4n) is 1.62. The lowest BCUT2D eigenvalue weighted by atomic mass is 10.1. The Morgan fingerprint density at radius 2 is 2.27 bits per heavy atom. The zero-order valence-corrected chi connectivity index (χ0v) is 9.13. The molecule has 6 heteroatoms. The molecule has 6 nitrogen and oxygen atoms in total. The van der Waals surface area contributed by atoms with Gasteiger partial charge in [0.25, 0.3) is 0 Å². The first kappa shape index (κ1) is 11.5. The Bertz CT molecular complexity index is 300. The van der Waals surface area contributed by atoms with E-state index >= 15 is 0 Å². The van der Waals surface area contributed by atoms with E-state index in [4.69, 9.17) is 5.41 Å². The minimum absolute atomic E-state index is 0.0255. The van der Waals surface area contributed by atoms with Gasteiger partial charge in [0, 0.05) is 13.1 Å². The van der Waals surface area contributed by atoms with Crippen LogP contribution in [-0.2, 0) is 4.79 Å². The molecule has 84 valence electrons. The summed E-state index contributed by atoms with van der Waals surface area (Å²) in [7, 11) is 1.54. The molecule has 0 aromatic rings. The number of nitrogens with one attached hydrogen (secondary N) is 3. The maximum absolute atomic E-state index is 11.4. The van der Waals surface area contributed by atoms with Crippen molar-refractivity contribution < 1.29 is 9.59 Å². The van der Waals surface area contributed by atoms with Gasteiger partial charge in [-0.15, -0.1) is 0 Å². The molecule has 1 atom stereocenters. The van der Waals surface area contributed by atoms with Crippen LogP contribution in [-0.4, -0.2) is 41.8 Å². The van der Waals surface area contributed by atoms with Gasteiger partial charge in [-0.2, -0.15) is 0 Å². The summed E-state index contributed by atoms with van der Waals surface area (Å²) in [6.45, 7) is 3.71. The molecule has 0 radical (unpaired) electrons. The molecule has 1 aliphatic rings. The van der Waals surface area contributed by atoms with Crippen molar-refractivity contribution in [2.24, 2.45) is 0 Å².